The molecular formula is C12H14N6. The van der Waals surface area contributed by atoms with Gasteiger partial charge in [-0.1, -0.05) is 0 Å². The van der Waals surface area contributed by atoms with Gasteiger partial charge >= 0.3 is 0 Å². The van der Waals surface area contributed by atoms with Crippen LogP contribution in [0.2, 0.25) is 0 Å². The topological polar surface area (TPSA) is 74.0 Å². The second-order valence-corrected chi connectivity index (χ2v) is 4.34. The third-order valence-corrected chi connectivity index (χ3v) is 2.97. The van der Waals surface area contributed by atoms with Crippen molar-refractivity contribution in [1.29, 1.82) is 0 Å². The van der Waals surface area contributed by atoms with E-state index in [-0.39, 0.29) is 6.04 Å². The lowest BCUT2D eigenvalue weighted by molar-refractivity contribution is 0.724. The van der Waals surface area contributed by atoms with Crippen molar-refractivity contribution in [2.75, 3.05) is 0 Å². The highest BCUT2D eigenvalue weighted by Crippen LogP contribution is 2.19. The van der Waals surface area contributed by atoms with Gasteiger partial charge in [0.15, 0.2) is 0 Å². The molecule has 0 saturated carbocycles. The van der Waals surface area contributed by atoms with Crippen molar-refractivity contribution in [2.45, 2.75) is 12.5 Å². The molecule has 6 nitrogen and oxygen atoms in total. The van der Waals surface area contributed by atoms with Crippen LogP contribution in [0, 0.1) is 0 Å². The number of aromatic nitrogens is 5. The Morgan fingerprint density at radius 1 is 1.28 bits per heavy atom. The number of rotatable bonds is 3. The lowest BCUT2D eigenvalue weighted by Gasteiger charge is -2.08. The quantitative estimate of drug-likeness (QED) is 0.734. The van der Waals surface area contributed by atoms with Crippen molar-refractivity contribution in [3.05, 3.63) is 48.3 Å². The zero-order valence-corrected chi connectivity index (χ0v) is 10.1. The molecule has 18 heavy (non-hydrogen) atoms. The SMILES string of the molecule is Cn1cc(CC(N)c2cnn3ccncc23)cn1. The summed E-state index contributed by atoms with van der Waals surface area (Å²) in [6, 6.07) is -0.101. The molecular weight excluding hydrogens is 228 g/mol. The fourth-order valence-corrected chi connectivity index (χ4v) is 2.08. The standard InChI is InChI=1S/C12H14N6/c1-17-8-9(5-15-17)4-11(13)10-6-16-18-3-2-14-7-12(10)18/h2-3,5-8,11H,4,13H2,1H3. The summed E-state index contributed by atoms with van der Waals surface area (Å²) in [4.78, 5) is 4.11. The van der Waals surface area contributed by atoms with Crippen LogP contribution in [0.4, 0.5) is 0 Å². The number of hydrogen-bond donors (Lipinski definition) is 1. The van der Waals surface area contributed by atoms with Crippen molar-refractivity contribution in [2.24, 2.45) is 12.8 Å². The van der Waals surface area contributed by atoms with Crippen molar-refractivity contribution < 1.29 is 0 Å². The van der Waals surface area contributed by atoms with Gasteiger partial charge in [0.05, 0.1) is 24.1 Å². The third-order valence-electron chi connectivity index (χ3n) is 2.97. The Balaban J connectivity index is 1.90. The van der Waals surface area contributed by atoms with Crippen LogP contribution in [0.1, 0.15) is 17.2 Å². The van der Waals surface area contributed by atoms with Gasteiger partial charge in [-0.3, -0.25) is 9.67 Å². The Kier molecular flexibility index (Phi) is 2.56. The summed E-state index contributed by atoms with van der Waals surface area (Å²) in [6.45, 7) is 0. The van der Waals surface area contributed by atoms with Crippen molar-refractivity contribution in [1.82, 2.24) is 24.4 Å². The fourth-order valence-electron chi connectivity index (χ4n) is 2.08. The fraction of sp³-hybridized carbons (Fsp3) is 0.250. The highest BCUT2D eigenvalue weighted by Gasteiger charge is 2.13. The van der Waals surface area contributed by atoms with Gasteiger partial charge in [-0.2, -0.15) is 10.2 Å². The minimum Gasteiger partial charge on any atom is -0.324 e. The minimum atomic E-state index is -0.101. The zero-order chi connectivity index (χ0) is 12.5. The van der Waals surface area contributed by atoms with Crippen LogP contribution in [0.15, 0.2) is 37.2 Å². The lowest BCUT2D eigenvalue weighted by atomic mass is 10.0. The van der Waals surface area contributed by atoms with Gasteiger partial charge in [0.2, 0.25) is 0 Å². The average molecular weight is 242 g/mol. The molecule has 0 spiro atoms. The molecule has 0 aliphatic heterocycles. The van der Waals surface area contributed by atoms with E-state index in [4.69, 9.17) is 5.73 Å². The Morgan fingerprint density at radius 3 is 2.94 bits per heavy atom. The van der Waals surface area contributed by atoms with E-state index >= 15 is 0 Å². The summed E-state index contributed by atoms with van der Waals surface area (Å²) in [5, 5.41) is 8.40. The highest BCUT2D eigenvalue weighted by molar-refractivity contribution is 5.53. The van der Waals surface area contributed by atoms with E-state index in [1.165, 1.54) is 0 Å². The number of aryl methyl sites for hydroxylation is 1. The van der Waals surface area contributed by atoms with Gasteiger partial charge in [-0.05, 0) is 12.0 Å². The summed E-state index contributed by atoms with van der Waals surface area (Å²) < 4.78 is 3.56. The van der Waals surface area contributed by atoms with E-state index in [2.05, 4.69) is 15.2 Å². The van der Waals surface area contributed by atoms with Crippen molar-refractivity contribution in [3.63, 3.8) is 0 Å². The number of nitrogens with zero attached hydrogens (tertiary/aromatic N) is 5. The first-order valence-electron chi connectivity index (χ1n) is 5.74. The van der Waals surface area contributed by atoms with Crippen LogP contribution in [0.25, 0.3) is 5.52 Å². The molecule has 3 heterocycles. The molecule has 0 radical (unpaired) electrons. The molecule has 0 fully saturated rings. The van der Waals surface area contributed by atoms with Crippen LogP contribution in [0.3, 0.4) is 0 Å². The van der Waals surface area contributed by atoms with E-state index in [1.54, 1.807) is 27.8 Å². The summed E-state index contributed by atoms with van der Waals surface area (Å²) in [5.41, 5.74) is 9.31. The van der Waals surface area contributed by atoms with Gasteiger partial charge in [-0.15, -0.1) is 0 Å². The predicted octanol–water partition coefficient (Wildman–Crippen LogP) is 0.705. The first-order chi connectivity index (χ1) is 8.74. The van der Waals surface area contributed by atoms with E-state index in [1.807, 2.05) is 25.6 Å². The Bertz CT molecular complexity index is 668. The molecule has 0 saturated heterocycles. The van der Waals surface area contributed by atoms with Crippen LogP contribution in [-0.2, 0) is 13.5 Å². The van der Waals surface area contributed by atoms with Crippen molar-refractivity contribution in [3.8, 4) is 0 Å². The van der Waals surface area contributed by atoms with Crippen LogP contribution >= 0.6 is 0 Å². The molecule has 92 valence electrons. The maximum Gasteiger partial charge on any atom is 0.0892 e. The van der Waals surface area contributed by atoms with E-state index in [9.17, 15) is 0 Å². The molecule has 6 heteroatoms. The van der Waals surface area contributed by atoms with Gasteiger partial charge in [-0.25, -0.2) is 4.52 Å². The van der Waals surface area contributed by atoms with Crippen LogP contribution < -0.4 is 5.73 Å². The number of fused-ring (bicyclic) bond motifs is 1. The third kappa shape index (κ3) is 1.86. The summed E-state index contributed by atoms with van der Waals surface area (Å²) in [7, 11) is 1.90. The molecule has 0 aliphatic rings. The molecule has 0 bridgehead atoms. The molecule has 3 aromatic heterocycles. The maximum absolute atomic E-state index is 6.23. The van der Waals surface area contributed by atoms with E-state index < -0.39 is 0 Å². The molecule has 1 unspecified atom stereocenters. The normalized spacial score (nSPS) is 13.0. The first kappa shape index (κ1) is 10.9. The van der Waals surface area contributed by atoms with Gasteiger partial charge < -0.3 is 5.73 Å². The molecule has 0 aliphatic carbocycles. The van der Waals surface area contributed by atoms with Crippen LogP contribution in [-0.4, -0.2) is 24.4 Å². The molecule has 2 N–H and O–H groups in total. The smallest absolute Gasteiger partial charge is 0.0892 e. The Labute approximate surface area is 104 Å². The highest BCUT2D eigenvalue weighted by atomic mass is 15.2. The zero-order valence-electron chi connectivity index (χ0n) is 10.1. The minimum absolute atomic E-state index is 0.101. The number of nitrogens with two attached hydrogens (primary N) is 1. The molecule has 3 rings (SSSR count). The van der Waals surface area contributed by atoms with Gasteiger partial charge in [0.1, 0.15) is 0 Å². The first-order valence-corrected chi connectivity index (χ1v) is 5.74. The number of hydrogen-bond acceptors (Lipinski definition) is 4. The van der Waals surface area contributed by atoms with Gasteiger partial charge in [0, 0.05) is 37.2 Å². The maximum atomic E-state index is 6.23. The summed E-state index contributed by atoms with van der Waals surface area (Å²) in [6.07, 6.45) is 11.7. The second-order valence-electron chi connectivity index (χ2n) is 4.34. The largest absolute Gasteiger partial charge is 0.324 e. The summed E-state index contributed by atoms with van der Waals surface area (Å²) in [5.74, 6) is 0. The molecule has 0 aromatic carbocycles. The second kappa shape index (κ2) is 4.23. The predicted molar refractivity (Wildman–Crippen MR) is 66.8 cm³/mol. The average Bonchev–Trinajstić information content (AvgIpc) is 2.95. The Morgan fingerprint density at radius 2 is 2.17 bits per heavy atom. The monoisotopic (exact) mass is 242 g/mol. The van der Waals surface area contributed by atoms with Crippen LogP contribution in [0.5, 0.6) is 0 Å². The summed E-state index contributed by atoms with van der Waals surface area (Å²) >= 11 is 0. The molecule has 1 atom stereocenters. The van der Waals surface area contributed by atoms with E-state index in [0.29, 0.717) is 0 Å². The molecule has 0 amide bonds. The lowest BCUT2D eigenvalue weighted by Crippen LogP contribution is -2.12. The molecule has 3 aromatic rings. The van der Waals surface area contributed by atoms with Gasteiger partial charge in [0.25, 0.3) is 0 Å². The van der Waals surface area contributed by atoms with E-state index in [0.717, 1.165) is 23.1 Å². The Hall–Kier alpha value is -2.21. The van der Waals surface area contributed by atoms with Crippen molar-refractivity contribution >= 4 is 5.52 Å².